The third-order valence-electron chi connectivity index (χ3n) is 2.50. The lowest BCUT2D eigenvalue weighted by Crippen LogP contribution is -2.21. The zero-order valence-electron chi connectivity index (χ0n) is 9.44. The van der Waals surface area contributed by atoms with E-state index in [2.05, 4.69) is 5.32 Å². The molecule has 16 heavy (non-hydrogen) atoms. The third kappa shape index (κ3) is 3.64. The molecule has 1 unspecified atom stereocenters. The number of carboxylic acids is 1. The van der Waals surface area contributed by atoms with Gasteiger partial charge in [0.25, 0.3) is 0 Å². The summed E-state index contributed by atoms with van der Waals surface area (Å²) in [5.41, 5.74) is 7.32. The first-order valence-corrected chi connectivity index (χ1v) is 5.37. The Bertz CT molecular complexity index is 335. The third-order valence-corrected chi connectivity index (χ3v) is 2.50. The van der Waals surface area contributed by atoms with Crippen molar-refractivity contribution in [2.75, 3.05) is 13.1 Å². The molecule has 0 spiro atoms. The summed E-state index contributed by atoms with van der Waals surface area (Å²) >= 11 is 0. The topological polar surface area (TPSA) is 75.3 Å². The predicted octanol–water partition coefficient (Wildman–Crippen LogP) is 0.923. The number of nitrogens with one attached hydrogen (secondary N) is 1. The molecule has 0 aliphatic heterocycles. The first-order valence-electron chi connectivity index (χ1n) is 5.37. The van der Waals surface area contributed by atoms with Crippen LogP contribution in [0.25, 0.3) is 0 Å². The van der Waals surface area contributed by atoms with Gasteiger partial charge < -0.3 is 16.2 Å². The zero-order valence-corrected chi connectivity index (χ0v) is 9.44. The van der Waals surface area contributed by atoms with Crippen molar-refractivity contribution in [1.29, 1.82) is 0 Å². The second kappa shape index (κ2) is 6.25. The minimum absolute atomic E-state index is 0.453. The highest BCUT2D eigenvalue weighted by molar-refractivity contribution is 5.75. The second-order valence-corrected chi connectivity index (χ2v) is 3.77. The van der Waals surface area contributed by atoms with Crippen LogP contribution in [0, 0.1) is 0 Å². The standard InChI is InChI=1S/C12H18N2O2/c1-9(12(15)16)11-4-2-10(3-5-11)8-14-7-6-13/h2-5,9,14H,6-8,13H2,1H3,(H,15,16). The highest BCUT2D eigenvalue weighted by Gasteiger charge is 2.12. The monoisotopic (exact) mass is 222 g/mol. The Balaban J connectivity index is 2.57. The van der Waals surface area contributed by atoms with Crippen molar-refractivity contribution in [3.05, 3.63) is 35.4 Å². The van der Waals surface area contributed by atoms with Crippen LogP contribution in [0.5, 0.6) is 0 Å². The molecule has 1 aromatic carbocycles. The van der Waals surface area contributed by atoms with E-state index in [1.807, 2.05) is 24.3 Å². The molecule has 0 aromatic heterocycles. The number of benzene rings is 1. The highest BCUT2D eigenvalue weighted by atomic mass is 16.4. The molecule has 0 amide bonds. The minimum Gasteiger partial charge on any atom is -0.481 e. The van der Waals surface area contributed by atoms with Gasteiger partial charge >= 0.3 is 5.97 Å². The molecule has 4 heteroatoms. The summed E-state index contributed by atoms with van der Waals surface area (Å²) in [6.45, 7) is 3.85. The first-order chi connectivity index (χ1) is 7.65. The lowest BCUT2D eigenvalue weighted by atomic mass is 10.0. The highest BCUT2D eigenvalue weighted by Crippen LogP contribution is 2.15. The van der Waals surface area contributed by atoms with Gasteiger partial charge in [0.15, 0.2) is 0 Å². The van der Waals surface area contributed by atoms with Crippen molar-refractivity contribution in [1.82, 2.24) is 5.32 Å². The van der Waals surface area contributed by atoms with E-state index in [9.17, 15) is 4.79 Å². The smallest absolute Gasteiger partial charge is 0.310 e. The van der Waals surface area contributed by atoms with Crippen molar-refractivity contribution in [3.8, 4) is 0 Å². The molecule has 88 valence electrons. The molecule has 0 saturated heterocycles. The Morgan fingerprint density at radius 3 is 2.56 bits per heavy atom. The zero-order chi connectivity index (χ0) is 12.0. The number of rotatable bonds is 6. The van der Waals surface area contributed by atoms with E-state index in [0.717, 1.165) is 24.2 Å². The van der Waals surface area contributed by atoms with Gasteiger partial charge in [-0.15, -0.1) is 0 Å². The second-order valence-electron chi connectivity index (χ2n) is 3.77. The summed E-state index contributed by atoms with van der Waals surface area (Å²) in [5.74, 6) is -1.25. The van der Waals surface area contributed by atoms with E-state index >= 15 is 0 Å². The number of carboxylic acid groups (broad SMARTS) is 1. The SMILES string of the molecule is CC(C(=O)O)c1ccc(CNCCN)cc1. The van der Waals surface area contributed by atoms with Crippen LogP contribution in [-0.2, 0) is 11.3 Å². The van der Waals surface area contributed by atoms with E-state index < -0.39 is 11.9 Å². The van der Waals surface area contributed by atoms with Crippen LogP contribution >= 0.6 is 0 Å². The number of hydrogen-bond donors (Lipinski definition) is 3. The van der Waals surface area contributed by atoms with E-state index in [0.29, 0.717) is 6.54 Å². The van der Waals surface area contributed by atoms with Gasteiger partial charge in [-0.25, -0.2) is 0 Å². The number of aliphatic carboxylic acids is 1. The van der Waals surface area contributed by atoms with Gasteiger partial charge in [0.05, 0.1) is 5.92 Å². The molecule has 0 fully saturated rings. The molecule has 0 heterocycles. The van der Waals surface area contributed by atoms with E-state index in [-0.39, 0.29) is 0 Å². The lowest BCUT2D eigenvalue weighted by Gasteiger charge is -2.08. The normalized spacial score (nSPS) is 12.4. The Morgan fingerprint density at radius 1 is 1.44 bits per heavy atom. The van der Waals surface area contributed by atoms with Crippen molar-refractivity contribution in [2.24, 2.45) is 5.73 Å². The molecular formula is C12H18N2O2. The van der Waals surface area contributed by atoms with E-state index in [1.54, 1.807) is 6.92 Å². The Labute approximate surface area is 95.5 Å². The molecule has 0 saturated carbocycles. The Kier molecular flexibility index (Phi) is 4.95. The summed E-state index contributed by atoms with van der Waals surface area (Å²) in [6.07, 6.45) is 0. The van der Waals surface area contributed by atoms with Crippen molar-refractivity contribution >= 4 is 5.97 Å². The molecule has 1 atom stereocenters. The molecule has 1 rings (SSSR count). The fraction of sp³-hybridized carbons (Fsp3) is 0.417. The van der Waals surface area contributed by atoms with Gasteiger partial charge in [0.2, 0.25) is 0 Å². The summed E-state index contributed by atoms with van der Waals surface area (Å²) < 4.78 is 0. The van der Waals surface area contributed by atoms with Crippen LogP contribution in [0.1, 0.15) is 24.0 Å². The average molecular weight is 222 g/mol. The van der Waals surface area contributed by atoms with Gasteiger partial charge in [-0.2, -0.15) is 0 Å². The quantitative estimate of drug-likeness (QED) is 0.626. The number of hydrogen-bond acceptors (Lipinski definition) is 3. The molecule has 0 aliphatic carbocycles. The maximum absolute atomic E-state index is 10.8. The maximum atomic E-state index is 10.8. The lowest BCUT2D eigenvalue weighted by molar-refractivity contribution is -0.138. The molecule has 1 aromatic rings. The maximum Gasteiger partial charge on any atom is 0.310 e. The molecule has 4 nitrogen and oxygen atoms in total. The molecule has 0 aliphatic rings. The van der Waals surface area contributed by atoms with Crippen LogP contribution < -0.4 is 11.1 Å². The van der Waals surface area contributed by atoms with Crippen LogP contribution in [-0.4, -0.2) is 24.2 Å². The van der Waals surface area contributed by atoms with Crippen molar-refractivity contribution in [3.63, 3.8) is 0 Å². The first kappa shape index (κ1) is 12.7. The largest absolute Gasteiger partial charge is 0.481 e. The summed E-state index contributed by atoms with van der Waals surface area (Å²) in [7, 11) is 0. The van der Waals surface area contributed by atoms with Crippen molar-refractivity contribution in [2.45, 2.75) is 19.4 Å². The predicted molar refractivity (Wildman–Crippen MR) is 63.3 cm³/mol. The average Bonchev–Trinajstić information content (AvgIpc) is 2.29. The van der Waals surface area contributed by atoms with Gasteiger partial charge in [-0.05, 0) is 18.1 Å². The summed E-state index contributed by atoms with van der Waals surface area (Å²) in [4.78, 5) is 10.8. The summed E-state index contributed by atoms with van der Waals surface area (Å²) in [5, 5.41) is 12.0. The Morgan fingerprint density at radius 2 is 2.06 bits per heavy atom. The minimum atomic E-state index is -0.797. The van der Waals surface area contributed by atoms with Crippen LogP contribution in [0.2, 0.25) is 0 Å². The fourth-order valence-corrected chi connectivity index (χ4v) is 1.40. The van der Waals surface area contributed by atoms with E-state index in [4.69, 9.17) is 10.8 Å². The summed E-state index contributed by atoms with van der Waals surface area (Å²) in [6, 6.07) is 7.60. The molecule has 0 radical (unpaired) electrons. The van der Waals surface area contributed by atoms with Crippen LogP contribution in [0.4, 0.5) is 0 Å². The van der Waals surface area contributed by atoms with Gasteiger partial charge in [-0.3, -0.25) is 4.79 Å². The number of carbonyl (C=O) groups is 1. The molecule has 4 N–H and O–H groups in total. The van der Waals surface area contributed by atoms with Crippen LogP contribution in [0.15, 0.2) is 24.3 Å². The van der Waals surface area contributed by atoms with Gasteiger partial charge in [0.1, 0.15) is 0 Å². The Hall–Kier alpha value is -1.39. The molecule has 0 bridgehead atoms. The van der Waals surface area contributed by atoms with Crippen LogP contribution in [0.3, 0.4) is 0 Å². The number of nitrogens with two attached hydrogens (primary N) is 1. The van der Waals surface area contributed by atoms with Gasteiger partial charge in [0, 0.05) is 19.6 Å². The van der Waals surface area contributed by atoms with Crippen molar-refractivity contribution < 1.29 is 9.90 Å². The fourth-order valence-electron chi connectivity index (χ4n) is 1.40. The molecular weight excluding hydrogens is 204 g/mol. The van der Waals surface area contributed by atoms with E-state index in [1.165, 1.54) is 0 Å². The van der Waals surface area contributed by atoms with Gasteiger partial charge in [-0.1, -0.05) is 24.3 Å².